The lowest BCUT2D eigenvalue weighted by Crippen LogP contribution is -2.22. The van der Waals surface area contributed by atoms with E-state index in [4.69, 9.17) is 9.72 Å². The van der Waals surface area contributed by atoms with Gasteiger partial charge in [-0.1, -0.05) is 41.1 Å². The number of nitrogens with zero attached hydrogens (tertiary/aromatic N) is 4. The number of esters is 1. The Morgan fingerprint density at radius 2 is 1.97 bits per heavy atom. The Kier molecular flexibility index (Phi) is 6.97. The van der Waals surface area contributed by atoms with E-state index in [2.05, 4.69) is 21.0 Å². The van der Waals surface area contributed by atoms with Crippen molar-refractivity contribution < 1.29 is 9.53 Å². The summed E-state index contributed by atoms with van der Waals surface area (Å²) in [6, 6.07) is 13.3. The standard InChI is InChI=1S/C26H27BrN4O3/c1-5-8-24-29-22-12-11-18(27)13-20(22)26(33)31(24)28-14-21-17(4)30(15-25(32)34-16(2)3)23-10-7-6-9-19(21)23/h6-7,9-14,16H,5,8,15H2,1-4H3. The molecule has 176 valence electrons. The number of carbonyl (C=O) groups excluding carboxylic acids is 1. The molecule has 8 heteroatoms. The summed E-state index contributed by atoms with van der Waals surface area (Å²) in [4.78, 5) is 30.4. The highest BCUT2D eigenvalue weighted by molar-refractivity contribution is 9.10. The average Bonchev–Trinajstić information content (AvgIpc) is 3.05. The van der Waals surface area contributed by atoms with Gasteiger partial charge in [0.15, 0.2) is 0 Å². The summed E-state index contributed by atoms with van der Waals surface area (Å²) in [6.07, 6.45) is 2.97. The third kappa shape index (κ3) is 4.68. The number of ether oxygens (including phenoxy) is 1. The summed E-state index contributed by atoms with van der Waals surface area (Å²) < 4.78 is 9.47. The minimum Gasteiger partial charge on any atom is -0.462 e. The third-order valence-electron chi connectivity index (χ3n) is 5.59. The molecule has 4 rings (SSSR count). The number of carbonyl (C=O) groups is 1. The number of aromatic nitrogens is 3. The van der Waals surface area contributed by atoms with Crippen LogP contribution in [-0.2, 0) is 22.5 Å². The van der Waals surface area contributed by atoms with E-state index in [-0.39, 0.29) is 24.2 Å². The van der Waals surface area contributed by atoms with Gasteiger partial charge in [0.25, 0.3) is 5.56 Å². The third-order valence-corrected chi connectivity index (χ3v) is 6.08. The summed E-state index contributed by atoms with van der Waals surface area (Å²) in [7, 11) is 0. The Labute approximate surface area is 206 Å². The lowest BCUT2D eigenvalue weighted by atomic mass is 10.1. The first-order valence-electron chi connectivity index (χ1n) is 11.3. The number of hydrogen-bond donors (Lipinski definition) is 0. The Morgan fingerprint density at radius 1 is 1.21 bits per heavy atom. The van der Waals surface area contributed by atoms with Gasteiger partial charge in [-0.05, 0) is 51.5 Å². The predicted octanol–water partition coefficient (Wildman–Crippen LogP) is 5.21. The predicted molar refractivity (Wildman–Crippen MR) is 139 cm³/mol. The molecule has 0 atom stereocenters. The molecule has 0 bridgehead atoms. The van der Waals surface area contributed by atoms with Gasteiger partial charge < -0.3 is 9.30 Å². The molecule has 7 nitrogen and oxygen atoms in total. The first-order valence-corrected chi connectivity index (χ1v) is 12.1. The molecule has 0 unspecified atom stereocenters. The molecule has 0 aliphatic heterocycles. The van der Waals surface area contributed by atoms with Gasteiger partial charge in [-0.3, -0.25) is 9.59 Å². The number of halogens is 1. The van der Waals surface area contributed by atoms with E-state index in [1.807, 2.05) is 68.7 Å². The summed E-state index contributed by atoms with van der Waals surface area (Å²) in [5, 5.41) is 6.05. The van der Waals surface area contributed by atoms with Crippen LogP contribution in [0.1, 0.15) is 44.3 Å². The first kappa shape index (κ1) is 23.9. The number of para-hydroxylation sites is 1. The molecule has 0 fully saturated rings. The van der Waals surface area contributed by atoms with E-state index >= 15 is 0 Å². The topological polar surface area (TPSA) is 78.5 Å². The van der Waals surface area contributed by atoms with Crippen LogP contribution in [0.25, 0.3) is 21.8 Å². The van der Waals surface area contributed by atoms with Crippen molar-refractivity contribution in [3.8, 4) is 0 Å². The van der Waals surface area contributed by atoms with Crippen molar-refractivity contribution in [1.82, 2.24) is 14.2 Å². The van der Waals surface area contributed by atoms with Gasteiger partial charge in [-0.15, -0.1) is 0 Å². The number of benzene rings is 2. The fourth-order valence-electron chi connectivity index (χ4n) is 4.07. The van der Waals surface area contributed by atoms with Crippen molar-refractivity contribution >= 4 is 49.9 Å². The Hall–Kier alpha value is -3.26. The van der Waals surface area contributed by atoms with Crippen LogP contribution in [0.15, 0.2) is 56.8 Å². The summed E-state index contributed by atoms with van der Waals surface area (Å²) in [6.45, 7) is 7.75. The van der Waals surface area contributed by atoms with Crippen LogP contribution >= 0.6 is 15.9 Å². The van der Waals surface area contributed by atoms with E-state index in [1.54, 1.807) is 12.3 Å². The number of fused-ring (bicyclic) bond motifs is 2. The van der Waals surface area contributed by atoms with Gasteiger partial charge >= 0.3 is 5.97 Å². The minimum atomic E-state index is -0.298. The summed E-state index contributed by atoms with van der Waals surface area (Å²) >= 11 is 3.43. The Balaban J connectivity index is 1.84. The molecule has 2 aromatic carbocycles. The lowest BCUT2D eigenvalue weighted by Gasteiger charge is -2.11. The van der Waals surface area contributed by atoms with Gasteiger partial charge in [0.1, 0.15) is 12.4 Å². The minimum absolute atomic E-state index is 0.102. The maximum absolute atomic E-state index is 13.3. The van der Waals surface area contributed by atoms with Crippen molar-refractivity contribution in [3.63, 3.8) is 0 Å². The molecule has 0 saturated carbocycles. The first-order chi connectivity index (χ1) is 16.3. The van der Waals surface area contributed by atoms with Crippen molar-refractivity contribution in [3.05, 3.63) is 74.4 Å². The second-order valence-electron chi connectivity index (χ2n) is 8.44. The smallest absolute Gasteiger partial charge is 0.326 e. The summed E-state index contributed by atoms with van der Waals surface area (Å²) in [5.74, 6) is 0.313. The molecule has 0 radical (unpaired) electrons. The molecule has 2 aromatic heterocycles. The van der Waals surface area contributed by atoms with Gasteiger partial charge in [-0.25, -0.2) is 4.98 Å². The van der Waals surface area contributed by atoms with E-state index in [9.17, 15) is 9.59 Å². The van der Waals surface area contributed by atoms with E-state index in [0.717, 1.165) is 33.1 Å². The van der Waals surface area contributed by atoms with Crippen molar-refractivity contribution in [2.45, 2.75) is 53.2 Å². The molecular formula is C26H27BrN4O3. The molecule has 0 N–H and O–H groups in total. The Morgan fingerprint density at radius 3 is 2.71 bits per heavy atom. The zero-order chi connectivity index (χ0) is 24.4. The average molecular weight is 523 g/mol. The van der Waals surface area contributed by atoms with Crippen LogP contribution < -0.4 is 5.56 Å². The second-order valence-corrected chi connectivity index (χ2v) is 9.36. The molecule has 0 aliphatic rings. The maximum atomic E-state index is 13.3. The van der Waals surface area contributed by atoms with Gasteiger partial charge in [0, 0.05) is 33.1 Å². The van der Waals surface area contributed by atoms with Crippen LogP contribution in [0.2, 0.25) is 0 Å². The Bertz CT molecular complexity index is 1470. The van der Waals surface area contributed by atoms with Gasteiger partial charge in [-0.2, -0.15) is 9.78 Å². The van der Waals surface area contributed by atoms with E-state index < -0.39 is 0 Å². The lowest BCUT2D eigenvalue weighted by molar-refractivity contribution is -0.148. The van der Waals surface area contributed by atoms with Crippen LogP contribution in [0.4, 0.5) is 0 Å². The SMILES string of the molecule is CCCc1nc2ccc(Br)cc2c(=O)n1N=Cc1c(C)n(CC(=O)OC(C)C)c2ccccc12. The maximum Gasteiger partial charge on any atom is 0.326 e. The number of hydrogen-bond acceptors (Lipinski definition) is 5. The number of aryl methyl sites for hydroxylation is 1. The van der Waals surface area contributed by atoms with Gasteiger partial charge in [0.2, 0.25) is 0 Å². The monoisotopic (exact) mass is 522 g/mol. The quantitative estimate of drug-likeness (QED) is 0.246. The molecule has 0 amide bonds. The highest BCUT2D eigenvalue weighted by Crippen LogP contribution is 2.25. The second kappa shape index (κ2) is 9.93. The summed E-state index contributed by atoms with van der Waals surface area (Å²) in [5.41, 5.74) is 3.06. The van der Waals surface area contributed by atoms with Crippen LogP contribution in [0.3, 0.4) is 0 Å². The largest absolute Gasteiger partial charge is 0.462 e. The molecule has 2 heterocycles. The number of rotatable bonds is 7. The molecule has 0 spiro atoms. The van der Waals surface area contributed by atoms with Crippen LogP contribution in [0.5, 0.6) is 0 Å². The van der Waals surface area contributed by atoms with Crippen LogP contribution in [0, 0.1) is 6.92 Å². The van der Waals surface area contributed by atoms with Crippen molar-refractivity contribution in [1.29, 1.82) is 0 Å². The molecule has 4 aromatic rings. The molecule has 0 saturated heterocycles. The molecular weight excluding hydrogens is 496 g/mol. The highest BCUT2D eigenvalue weighted by atomic mass is 79.9. The zero-order valence-corrected chi connectivity index (χ0v) is 21.3. The van der Waals surface area contributed by atoms with E-state index in [1.165, 1.54) is 4.68 Å². The van der Waals surface area contributed by atoms with Crippen LogP contribution in [-0.4, -0.2) is 32.5 Å². The fourth-order valence-corrected chi connectivity index (χ4v) is 4.43. The highest BCUT2D eigenvalue weighted by Gasteiger charge is 2.17. The zero-order valence-electron chi connectivity index (χ0n) is 19.7. The fraction of sp³-hybridized carbons (Fsp3) is 0.308. The molecule has 34 heavy (non-hydrogen) atoms. The molecule has 0 aliphatic carbocycles. The van der Waals surface area contributed by atoms with Crippen molar-refractivity contribution in [2.75, 3.05) is 0 Å². The van der Waals surface area contributed by atoms with Gasteiger partial charge in [0.05, 0.1) is 23.2 Å². The normalized spacial score (nSPS) is 11.8. The van der Waals surface area contributed by atoms with Crippen molar-refractivity contribution in [2.24, 2.45) is 5.10 Å². The van der Waals surface area contributed by atoms with E-state index in [0.29, 0.717) is 23.1 Å².